The smallest absolute Gasteiger partial charge is 0.266 e. The number of hydrogen-bond donors (Lipinski definition) is 1. The number of carbonyl (C=O) groups excluding carboxylic acids is 1. The Morgan fingerprint density at radius 1 is 1.37 bits per heavy atom. The minimum absolute atomic E-state index is 0.0990. The lowest BCUT2D eigenvalue weighted by molar-refractivity contribution is 0.0878. The maximum absolute atomic E-state index is 12.8. The molecule has 0 spiro atoms. The first-order valence-corrected chi connectivity index (χ1v) is 10.3. The minimum Gasteiger partial charge on any atom is -0.349 e. The maximum Gasteiger partial charge on any atom is 0.266 e. The molecular weight excluding hydrogens is 358 g/mol. The van der Waals surface area contributed by atoms with Crippen LogP contribution in [-0.2, 0) is 0 Å². The third-order valence-electron chi connectivity index (χ3n) is 5.48. The minimum atomic E-state index is -0.124. The van der Waals surface area contributed by atoms with E-state index in [-0.39, 0.29) is 22.9 Å². The summed E-state index contributed by atoms with van der Waals surface area (Å²) in [6.07, 6.45) is 4.90. The molecule has 27 heavy (non-hydrogen) atoms. The van der Waals surface area contributed by atoms with Crippen LogP contribution in [0, 0.1) is 18.3 Å². The van der Waals surface area contributed by atoms with Gasteiger partial charge in [0.2, 0.25) is 0 Å². The average Bonchev–Trinajstić information content (AvgIpc) is 2.99. The molecule has 0 radical (unpaired) electrons. The summed E-state index contributed by atoms with van der Waals surface area (Å²) in [7, 11) is 0. The topological polar surface area (TPSA) is 63.5 Å². The molecule has 0 aliphatic heterocycles. The van der Waals surface area contributed by atoms with E-state index in [4.69, 9.17) is 0 Å². The van der Waals surface area contributed by atoms with Gasteiger partial charge in [-0.1, -0.05) is 26.8 Å². The van der Waals surface area contributed by atoms with E-state index in [0.717, 1.165) is 18.4 Å². The Balaban J connectivity index is 1.67. The second-order valence-corrected chi connectivity index (χ2v) is 9.75. The van der Waals surface area contributed by atoms with Crippen molar-refractivity contribution in [1.29, 1.82) is 0 Å². The van der Waals surface area contributed by atoms with E-state index in [2.05, 4.69) is 31.1 Å². The second-order valence-electron chi connectivity index (χ2n) is 8.71. The van der Waals surface area contributed by atoms with Crippen LogP contribution in [-0.4, -0.2) is 21.3 Å². The molecule has 1 N–H and O–H groups in total. The van der Waals surface area contributed by atoms with Crippen molar-refractivity contribution < 1.29 is 4.79 Å². The maximum atomic E-state index is 12.8. The summed E-state index contributed by atoms with van der Waals surface area (Å²) in [6.45, 7) is 8.71. The van der Waals surface area contributed by atoms with Crippen LogP contribution in [0.1, 0.15) is 55.3 Å². The SMILES string of the molecule is Cc1cccn2c(=O)c3cc(C(=O)NC4CC(C)CC(C)(C)C4)sc3nc12. The van der Waals surface area contributed by atoms with E-state index < -0.39 is 0 Å². The molecule has 1 amide bonds. The fourth-order valence-electron chi connectivity index (χ4n) is 4.58. The van der Waals surface area contributed by atoms with Crippen LogP contribution < -0.4 is 10.9 Å². The highest BCUT2D eigenvalue weighted by Crippen LogP contribution is 2.38. The van der Waals surface area contributed by atoms with Gasteiger partial charge in [-0.2, -0.15) is 0 Å². The van der Waals surface area contributed by atoms with E-state index in [0.29, 0.717) is 26.7 Å². The molecule has 0 aromatic carbocycles. The van der Waals surface area contributed by atoms with Gasteiger partial charge in [0.25, 0.3) is 11.5 Å². The van der Waals surface area contributed by atoms with Crippen molar-refractivity contribution in [3.63, 3.8) is 0 Å². The molecule has 2 atom stereocenters. The van der Waals surface area contributed by atoms with Crippen LogP contribution in [0.25, 0.3) is 15.9 Å². The quantitative estimate of drug-likeness (QED) is 0.723. The molecule has 6 heteroatoms. The van der Waals surface area contributed by atoms with Crippen LogP contribution in [0.5, 0.6) is 0 Å². The third-order valence-corrected chi connectivity index (χ3v) is 6.51. The predicted molar refractivity (Wildman–Crippen MR) is 110 cm³/mol. The molecule has 3 heterocycles. The van der Waals surface area contributed by atoms with Crippen LogP contribution in [0.15, 0.2) is 29.2 Å². The van der Waals surface area contributed by atoms with Crippen LogP contribution in [0.2, 0.25) is 0 Å². The molecule has 3 aromatic heterocycles. The zero-order valence-electron chi connectivity index (χ0n) is 16.2. The number of aromatic nitrogens is 2. The molecular formula is C21H25N3O2S. The van der Waals surface area contributed by atoms with Gasteiger partial charge in [0.15, 0.2) is 0 Å². The van der Waals surface area contributed by atoms with E-state index in [9.17, 15) is 9.59 Å². The molecule has 2 unspecified atom stereocenters. The van der Waals surface area contributed by atoms with E-state index in [1.54, 1.807) is 16.7 Å². The molecule has 1 aliphatic carbocycles. The zero-order chi connectivity index (χ0) is 19.3. The fourth-order valence-corrected chi connectivity index (χ4v) is 5.51. The predicted octanol–water partition coefficient (Wildman–Crippen LogP) is 4.16. The molecule has 142 valence electrons. The lowest BCUT2D eigenvalue weighted by Crippen LogP contribution is -2.42. The highest BCUT2D eigenvalue weighted by atomic mass is 32.1. The monoisotopic (exact) mass is 383 g/mol. The van der Waals surface area contributed by atoms with Gasteiger partial charge in [0.05, 0.1) is 10.3 Å². The summed E-state index contributed by atoms with van der Waals surface area (Å²) in [6, 6.07) is 5.64. The van der Waals surface area contributed by atoms with Gasteiger partial charge in [0, 0.05) is 12.2 Å². The Morgan fingerprint density at radius 3 is 2.89 bits per heavy atom. The normalized spacial score (nSPS) is 22.2. The van der Waals surface area contributed by atoms with Crippen molar-refractivity contribution in [3.05, 3.63) is 45.2 Å². The van der Waals surface area contributed by atoms with E-state index >= 15 is 0 Å². The largest absolute Gasteiger partial charge is 0.349 e. The van der Waals surface area contributed by atoms with Gasteiger partial charge >= 0.3 is 0 Å². The summed E-state index contributed by atoms with van der Waals surface area (Å²) < 4.78 is 1.55. The standard InChI is InChI=1S/C21H25N3O2S/c1-12-8-14(11-21(3,4)10-12)22-18(25)16-9-15-19(27-16)23-17-13(2)6-5-7-24(17)20(15)26/h5-7,9,12,14H,8,10-11H2,1-4H3,(H,22,25). The van der Waals surface area contributed by atoms with Crippen molar-refractivity contribution in [2.24, 2.45) is 11.3 Å². The number of amides is 1. The first-order valence-electron chi connectivity index (χ1n) is 9.46. The summed E-state index contributed by atoms with van der Waals surface area (Å²) in [4.78, 5) is 31.4. The summed E-state index contributed by atoms with van der Waals surface area (Å²) in [5, 5.41) is 3.69. The lowest BCUT2D eigenvalue weighted by Gasteiger charge is -2.39. The summed E-state index contributed by atoms with van der Waals surface area (Å²) in [5.74, 6) is 0.499. The van der Waals surface area contributed by atoms with Gasteiger partial charge in [0.1, 0.15) is 10.5 Å². The summed E-state index contributed by atoms with van der Waals surface area (Å²) in [5.41, 5.74) is 1.70. The van der Waals surface area contributed by atoms with Crippen LogP contribution in [0.4, 0.5) is 0 Å². The number of fused-ring (bicyclic) bond motifs is 2. The molecule has 0 bridgehead atoms. The number of hydrogen-bond acceptors (Lipinski definition) is 4. The van der Waals surface area contributed by atoms with E-state index in [1.807, 2.05) is 19.1 Å². The van der Waals surface area contributed by atoms with Crippen LogP contribution >= 0.6 is 11.3 Å². The third kappa shape index (κ3) is 3.38. The fraction of sp³-hybridized carbons (Fsp3) is 0.476. The van der Waals surface area contributed by atoms with Crippen molar-refractivity contribution in [2.45, 2.75) is 53.0 Å². The Morgan fingerprint density at radius 2 is 2.15 bits per heavy atom. The molecule has 4 rings (SSSR count). The van der Waals surface area contributed by atoms with Crippen molar-refractivity contribution in [3.8, 4) is 0 Å². The Kier molecular flexibility index (Phi) is 4.34. The molecule has 1 saturated carbocycles. The lowest BCUT2D eigenvalue weighted by atomic mass is 9.70. The van der Waals surface area contributed by atoms with Crippen molar-refractivity contribution in [1.82, 2.24) is 14.7 Å². The number of aryl methyl sites for hydroxylation is 1. The van der Waals surface area contributed by atoms with Crippen molar-refractivity contribution >= 4 is 33.1 Å². The highest BCUT2D eigenvalue weighted by molar-refractivity contribution is 7.20. The molecule has 3 aromatic rings. The van der Waals surface area contributed by atoms with Gasteiger partial charge in [-0.05, 0) is 55.2 Å². The highest BCUT2D eigenvalue weighted by Gasteiger charge is 2.33. The number of rotatable bonds is 2. The molecule has 1 aliphatic rings. The molecule has 5 nitrogen and oxygen atoms in total. The number of carbonyl (C=O) groups is 1. The van der Waals surface area contributed by atoms with Crippen molar-refractivity contribution in [2.75, 3.05) is 0 Å². The Bertz CT molecular complexity index is 1100. The zero-order valence-corrected chi connectivity index (χ0v) is 17.0. The number of nitrogens with zero attached hydrogens (tertiary/aromatic N) is 2. The Labute approximate surface area is 162 Å². The first kappa shape index (κ1) is 18.2. The van der Waals surface area contributed by atoms with Crippen LogP contribution in [0.3, 0.4) is 0 Å². The van der Waals surface area contributed by atoms with E-state index in [1.165, 1.54) is 17.8 Å². The summed E-state index contributed by atoms with van der Waals surface area (Å²) >= 11 is 1.30. The van der Waals surface area contributed by atoms with Gasteiger partial charge in [-0.15, -0.1) is 11.3 Å². The second kappa shape index (κ2) is 6.44. The molecule has 1 fully saturated rings. The van der Waals surface area contributed by atoms with Gasteiger partial charge in [-0.3, -0.25) is 14.0 Å². The van der Waals surface area contributed by atoms with Gasteiger partial charge < -0.3 is 5.32 Å². The Hall–Kier alpha value is -2.21. The molecule has 0 saturated heterocycles. The number of nitrogens with one attached hydrogen (secondary N) is 1. The first-order chi connectivity index (χ1) is 12.7. The number of pyridine rings is 1. The average molecular weight is 384 g/mol. The number of thiophene rings is 1. The van der Waals surface area contributed by atoms with Gasteiger partial charge in [-0.25, -0.2) is 4.98 Å².